The van der Waals surface area contributed by atoms with Crippen molar-refractivity contribution in [3.63, 3.8) is 0 Å². The Hall–Kier alpha value is -1.10. The highest BCUT2D eigenvalue weighted by Crippen LogP contribution is 2.21. The largest absolute Gasteiger partial charge is 0.372 e. The molecule has 0 saturated carbocycles. The Bertz CT molecular complexity index is 473. The van der Waals surface area contributed by atoms with E-state index in [4.69, 9.17) is 16.3 Å². The number of carbonyl (C=O) groups is 1. The first kappa shape index (κ1) is 13.9. The van der Waals surface area contributed by atoms with Gasteiger partial charge in [-0.15, -0.1) is 0 Å². The summed E-state index contributed by atoms with van der Waals surface area (Å²) >= 11 is 5.87. The van der Waals surface area contributed by atoms with Crippen molar-refractivity contribution in [2.45, 2.75) is 19.1 Å². The number of hydrogen-bond acceptors (Lipinski definition) is 3. The third-order valence-electron chi connectivity index (χ3n) is 3.86. The molecule has 0 aromatic heterocycles. The molecule has 4 nitrogen and oxygen atoms in total. The van der Waals surface area contributed by atoms with E-state index < -0.39 is 0 Å². The normalized spacial score (nSPS) is 25.2. The van der Waals surface area contributed by atoms with E-state index >= 15 is 0 Å². The van der Waals surface area contributed by atoms with Gasteiger partial charge in [-0.2, -0.15) is 0 Å². The lowest BCUT2D eigenvalue weighted by molar-refractivity contribution is -0.131. The van der Waals surface area contributed by atoms with Gasteiger partial charge in [0.1, 0.15) is 0 Å². The van der Waals surface area contributed by atoms with Gasteiger partial charge in [-0.05, 0) is 24.1 Å². The maximum Gasteiger partial charge on any atom is 0.227 e. The maximum atomic E-state index is 12.3. The number of nitrogens with one attached hydrogen (secondary N) is 1. The second kappa shape index (κ2) is 6.12. The van der Waals surface area contributed by atoms with E-state index in [0.717, 1.165) is 43.2 Å². The summed E-state index contributed by atoms with van der Waals surface area (Å²) in [7, 11) is 0. The fourth-order valence-electron chi connectivity index (χ4n) is 2.56. The number of rotatable bonds is 6. The third-order valence-corrected chi connectivity index (χ3v) is 4.11. The summed E-state index contributed by atoms with van der Waals surface area (Å²) < 4.78 is 5.14. The molecule has 2 heterocycles. The Balaban J connectivity index is 1.48. The van der Waals surface area contributed by atoms with Crippen molar-refractivity contribution in [1.82, 2.24) is 10.2 Å². The van der Waals surface area contributed by atoms with Gasteiger partial charge in [0.15, 0.2) is 0 Å². The molecule has 3 rings (SSSR count). The maximum absolute atomic E-state index is 12.3. The lowest BCUT2D eigenvalue weighted by Gasteiger charge is -2.17. The molecule has 1 amide bonds. The molecule has 1 N–H and O–H groups in total. The molecule has 2 aliphatic rings. The topological polar surface area (TPSA) is 44.9 Å². The quantitative estimate of drug-likeness (QED) is 0.812. The predicted molar refractivity (Wildman–Crippen MR) is 77.6 cm³/mol. The fraction of sp³-hybridized carbons (Fsp3) is 0.533. The minimum absolute atomic E-state index is 0.112. The molecule has 0 radical (unpaired) electrons. The second-order valence-corrected chi connectivity index (χ2v) is 5.92. The van der Waals surface area contributed by atoms with Crippen LogP contribution in [0.3, 0.4) is 0 Å². The Kier molecular flexibility index (Phi) is 4.24. The van der Waals surface area contributed by atoms with Gasteiger partial charge in [-0.25, -0.2) is 0 Å². The number of epoxide rings is 1. The van der Waals surface area contributed by atoms with Crippen LogP contribution in [0.1, 0.15) is 12.0 Å². The molecule has 5 heteroatoms. The minimum atomic E-state index is 0.112. The van der Waals surface area contributed by atoms with Crippen molar-refractivity contribution >= 4 is 17.5 Å². The summed E-state index contributed by atoms with van der Waals surface area (Å²) in [6, 6.07) is 7.69. The molecule has 2 atom stereocenters. The van der Waals surface area contributed by atoms with E-state index in [9.17, 15) is 4.79 Å². The Morgan fingerprint density at radius 1 is 1.30 bits per heavy atom. The molecule has 2 unspecified atom stereocenters. The van der Waals surface area contributed by atoms with Crippen LogP contribution in [0.25, 0.3) is 0 Å². The first-order valence-corrected chi connectivity index (χ1v) is 7.46. The van der Waals surface area contributed by atoms with Crippen LogP contribution in [0.15, 0.2) is 24.3 Å². The summed E-state index contributed by atoms with van der Waals surface area (Å²) in [5.74, 6) is 0.366. The van der Waals surface area contributed by atoms with Gasteiger partial charge in [-0.3, -0.25) is 4.79 Å². The molecular weight excluding hydrogens is 276 g/mol. The van der Waals surface area contributed by atoms with Crippen LogP contribution >= 0.6 is 11.6 Å². The van der Waals surface area contributed by atoms with Crippen LogP contribution in [-0.2, 0) is 16.1 Å². The number of ether oxygens (including phenoxy) is 1. The second-order valence-electron chi connectivity index (χ2n) is 5.49. The highest BCUT2D eigenvalue weighted by Gasteiger charge is 2.31. The van der Waals surface area contributed by atoms with Gasteiger partial charge in [0, 0.05) is 31.2 Å². The number of halogens is 1. The average molecular weight is 295 g/mol. The monoisotopic (exact) mass is 294 g/mol. The van der Waals surface area contributed by atoms with E-state index in [1.54, 1.807) is 0 Å². The van der Waals surface area contributed by atoms with Crippen LogP contribution in [0.2, 0.25) is 5.02 Å². The molecule has 1 aromatic rings. The highest BCUT2D eigenvalue weighted by atomic mass is 35.5. The van der Waals surface area contributed by atoms with Crippen molar-refractivity contribution in [3.05, 3.63) is 34.9 Å². The minimum Gasteiger partial charge on any atom is -0.372 e. The summed E-state index contributed by atoms with van der Waals surface area (Å²) in [5.41, 5.74) is 1.13. The van der Waals surface area contributed by atoms with E-state index in [-0.39, 0.29) is 11.8 Å². The fourth-order valence-corrected chi connectivity index (χ4v) is 2.69. The first-order valence-electron chi connectivity index (χ1n) is 7.08. The lowest BCUT2D eigenvalue weighted by atomic mass is 10.1. The van der Waals surface area contributed by atoms with Gasteiger partial charge in [-0.1, -0.05) is 23.7 Å². The number of likely N-dealkylation sites (tertiary alicyclic amines) is 1. The molecule has 2 aliphatic heterocycles. The molecular formula is C15H19ClN2O2. The van der Waals surface area contributed by atoms with Crippen molar-refractivity contribution in [3.8, 4) is 0 Å². The summed E-state index contributed by atoms with van der Waals surface area (Å²) in [6.45, 7) is 4.00. The van der Waals surface area contributed by atoms with Gasteiger partial charge >= 0.3 is 0 Å². The van der Waals surface area contributed by atoms with Gasteiger partial charge in [0.05, 0.1) is 18.6 Å². The SMILES string of the molecule is O=C1C(CNCC2CO2)CCN1Cc1ccc(Cl)cc1. The van der Waals surface area contributed by atoms with Crippen molar-refractivity contribution in [2.75, 3.05) is 26.2 Å². The van der Waals surface area contributed by atoms with E-state index in [1.807, 2.05) is 29.2 Å². The van der Waals surface area contributed by atoms with Gasteiger partial charge in [0.25, 0.3) is 0 Å². The van der Waals surface area contributed by atoms with Crippen LogP contribution in [0.4, 0.5) is 0 Å². The lowest BCUT2D eigenvalue weighted by Crippen LogP contribution is -2.33. The number of carbonyl (C=O) groups excluding carboxylic acids is 1. The molecule has 20 heavy (non-hydrogen) atoms. The van der Waals surface area contributed by atoms with Crippen LogP contribution in [0, 0.1) is 5.92 Å². The molecule has 2 saturated heterocycles. The Morgan fingerprint density at radius 3 is 2.75 bits per heavy atom. The number of nitrogens with zero attached hydrogens (tertiary/aromatic N) is 1. The predicted octanol–water partition coefficient (Wildman–Crippen LogP) is 1.68. The van der Waals surface area contributed by atoms with Crippen molar-refractivity contribution < 1.29 is 9.53 Å². The molecule has 0 aliphatic carbocycles. The number of amides is 1. The van der Waals surface area contributed by atoms with Gasteiger partial charge < -0.3 is 15.0 Å². The zero-order valence-electron chi connectivity index (χ0n) is 11.3. The smallest absolute Gasteiger partial charge is 0.227 e. The molecule has 108 valence electrons. The van der Waals surface area contributed by atoms with Crippen LogP contribution in [0.5, 0.6) is 0 Å². The summed E-state index contributed by atoms with van der Waals surface area (Å²) in [6.07, 6.45) is 1.31. The zero-order chi connectivity index (χ0) is 13.9. The van der Waals surface area contributed by atoms with Crippen molar-refractivity contribution in [2.24, 2.45) is 5.92 Å². The van der Waals surface area contributed by atoms with Crippen molar-refractivity contribution in [1.29, 1.82) is 0 Å². The molecule has 0 spiro atoms. The molecule has 0 bridgehead atoms. The molecule has 1 aromatic carbocycles. The van der Waals surface area contributed by atoms with E-state index in [1.165, 1.54) is 0 Å². The van der Waals surface area contributed by atoms with Gasteiger partial charge in [0.2, 0.25) is 5.91 Å². The van der Waals surface area contributed by atoms with Crippen LogP contribution in [-0.4, -0.2) is 43.2 Å². The highest BCUT2D eigenvalue weighted by molar-refractivity contribution is 6.30. The number of hydrogen-bond donors (Lipinski definition) is 1. The average Bonchev–Trinajstić information content (AvgIpc) is 3.21. The summed E-state index contributed by atoms with van der Waals surface area (Å²) in [4.78, 5) is 14.2. The third kappa shape index (κ3) is 3.51. The zero-order valence-corrected chi connectivity index (χ0v) is 12.1. The summed E-state index contributed by atoms with van der Waals surface area (Å²) in [5, 5.41) is 4.05. The first-order chi connectivity index (χ1) is 9.72. The molecule has 2 fully saturated rings. The van der Waals surface area contributed by atoms with Crippen LogP contribution < -0.4 is 5.32 Å². The number of benzene rings is 1. The standard InChI is InChI=1S/C15H19ClN2O2/c16-13-3-1-11(2-4-13)9-18-6-5-12(15(18)19)7-17-8-14-10-20-14/h1-4,12,14,17H,5-10H2. The van der Waals surface area contributed by atoms with E-state index in [0.29, 0.717) is 12.6 Å². The Labute approximate surface area is 124 Å². The van der Waals surface area contributed by atoms with E-state index in [2.05, 4.69) is 5.32 Å². The Morgan fingerprint density at radius 2 is 2.05 bits per heavy atom.